The summed E-state index contributed by atoms with van der Waals surface area (Å²) in [5, 5.41) is 0.791. The van der Waals surface area contributed by atoms with E-state index in [9.17, 15) is 4.79 Å². The number of para-hydroxylation sites is 1. The summed E-state index contributed by atoms with van der Waals surface area (Å²) in [6, 6.07) is 9.57. The minimum atomic E-state index is 0.112. The molecule has 1 heterocycles. The van der Waals surface area contributed by atoms with Crippen molar-refractivity contribution in [1.82, 2.24) is 4.57 Å². The minimum Gasteiger partial charge on any atom is -0.347 e. The number of benzene rings is 1. The molecule has 1 aromatic heterocycles. The fourth-order valence-electron chi connectivity index (χ4n) is 3.41. The van der Waals surface area contributed by atoms with Crippen molar-refractivity contribution in [3.8, 4) is 11.8 Å². The Labute approximate surface area is 158 Å². The zero-order chi connectivity index (χ0) is 18.6. The average Bonchev–Trinajstić information content (AvgIpc) is 2.66. The number of unbranched alkanes of at least 4 members (excludes halogenated alkanes) is 8. The maximum Gasteiger partial charge on any atom is 0.189 e. The first kappa shape index (κ1) is 20.3. The Morgan fingerprint density at radius 2 is 1.54 bits per heavy atom. The van der Waals surface area contributed by atoms with Gasteiger partial charge in [-0.3, -0.25) is 4.79 Å². The van der Waals surface area contributed by atoms with Gasteiger partial charge in [0.25, 0.3) is 0 Å². The maximum atomic E-state index is 12.2. The van der Waals surface area contributed by atoms with Crippen LogP contribution >= 0.6 is 0 Å². The Bertz CT molecular complexity index is 791. The smallest absolute Gasteiger partial charge is 0.189 e. The van der Waals surface area contributed by atoms with Gasteiger partial charge in [-0.25, -0.2) is 0 Å². The molecule has 0 amide bonds. The summed E-state index contributed by atoms with van der Waals surface area (Å²) in [5.74, 6) is 6.58. The molecule has 0 radical (unpaired) electrons. The molecule has 0 atom stereocenters. The third kappa shape index (κ3) is 6.37. The highest BCUT2D eigenvalue weighted by molar-refractivity contribution is 5.79. The van der Waals surface area contributed by atoms with Crippen molar-refractivity contribution in [3.63, 3.8) is 0 Å². The number of nitrogens with zero attached hydrogens (tertiary/aromatic N) is 1. The average molecular weight is 352 g/mol. The predicted molar refractivity (Wildman–Crippen MR) is 113 cm³/mol. The Hall–Kier alpha value is -2.01. The molecule has 0 saturated carbocycles. The van der Waals surface area contributed by atoms with Gasteiger partial charge in [0.05, 0.1) is 5.52 Å². The van der Waals surface area contributed by atoms with E-state index in [1.54, 1.807) is 6.07 Å². The fraction of sp³-hybridized carbons (Fsp3) is 0.542. The second-order valence-corrected chi connectivity index (χ2v) is 7.15. The van der Waals surface area contributed by atoms with E-state index in [0.717, 1.165) is 35.9 Å². The lowest BCUT2D eigenvalue weighted by molar-refractivity contribution is 0.579. The van der Waals surface area contributed by atoms with Crippen LogP contribution in [0.3, 0.4) is 0 Å². The zero-order valence-corrected chi connectivity index (χ0v) is 16.5. The van der Waals surface area contributed by atoms with Crippen molar-refractivity contribution in [2.24, 2.45) is 7.05 Å². The summed E-state index contributed by atoms with van der Waals surface area (Å²) >= 11 is 0. The van der Waals surface area contributed by atoms with E-state index in [1.165, 1.54) is 51.4 Å². The summed E-state index contributed by atoms with van der Waals surface area (Å²) in [5.41, 5.74) is 2.18. The molecule has 0 unspecified atom stereocenters. The van der Waals surface area contributed by atoms with Crippen LogP contribution in [0.4, 0.5) is 0 Å². The van der Waals surface area contributed by atoms with Crippen LogP contribution in [0.25, 0.3) is 10.9 Å². The van der Waals surface area contributed by atoms with Crippen LogP contribution in [-0.2, 0) is 13.5 Å². The monoisotopic (exact) mass is 351 g/mol. The lowest BCUT2D eigenvalue weighted by Crippen LogP contribution is -2.11. The second kappa shape index (κ2) is 11.6. The van der Waals surface area contributed by atoms with Crippen LogP contribution in [0.15, 0.2) is 35.1 Å². The summed E-state index contributed by atoms with van der Waals surface area (Å²) < 4.78 is 2.12. The third-order valence-corrected chi connectivity index (χ3v) is 5.05. The zero-order valence-electron chi connectivity index (χ0n) is 16.5. The molecule has 140 valence electrons. The number of hydrogen-bond acceptors (Lipinski definition) is 1. The molecule has 1 aromatic carbocycles. The third-order valence-electron chi connectivity index (χ3n) is 5.05. The van der Waals surface area contributed by atoms with Gasteiger partial charge in [-0.15, -0.1) is 11.8 Å². The minimum absolute atomic E-state index is 0.112. The number of aromatic nitrogens is 1. The quantitative estimate of drug-likeness (QED) is 0.380. The first-order valence-corrected chi connectivity index (χ1v) is 10.3. The van der Waals surface area contributed by atoms with E-state index < -0.39 is 0 Å². The Balaban J connectivity index is 1.69. The van der Waals surface area contributed by atoms with Crippen molar-refractivity contribution in [2.45, 2.75) is 77.6 Å². The molecule has 2 heteroatoms. The molecule has 2 rings (SSSR count). The Morgan fingerprint density at radius 3 is 2.31 bits per heavy atom. The molecule has 2 aromatic rings. The lowest BCUT2D eigenvalue weighted by atomic mass is 10.1. The number of aryl methyl sites for hydroxylation is 2. The van der Waals surface area contributed by atoms with Crippen LogP contribution < -0.4 is 5.43 Å². The molecule has 0 spiro atoms. The molecule has 0 N–H and O–H groups in total. The highest BCUT2D eigenvalue weighted by Crippen LogP contribution is 2.12. The lowest BCUT2D eigenvalue weighted by Gasteiger charge is -2.11. The first-order valence-electron chi connectivity index (χ1n) is 10.3. The number of fused-ring (bicyclic) bond motifs is 1. The van der Waals surface area contributed by atoms with E-state index in [4.69, 9.17) is 0 Å². The largest absolute Gasteiger partial charge is 0.347 e. The SMILES string of the molecule is CCCCCCCCCCC#CCCc1cc(=O)c2ccccc2n1C. The molecule has 0 bridgehead atoms. The van der Waals surface area contributed by atoms with Crippen LogP contribution in [0.1, 0.15) is 76.8 Å². The first-order chi connectivity index (χ1) is 12.7. The standard InChI is InChI=1S/C24H33NO/c1-3-4-5-6-7-8-9-10-11-12-13-14-17-21-20-24(26)22-18-15-16-19-23(22)25(21)2/h15-16,18-20H,3-11,14,17H2,1-2H3. The second-order valence-electron chi connectivity index (χ2n) is 7.15. The van der Waals surface area contributed by atoms with Crippen LogP contribution in [0.5, 0.6) is 0 Å². The summed E-state index contributed by atoms with van der Waals surface area (Å²) in [4.78, 5) is 12.2. The molecule has 0 aliphatic heterocycles. The molecule has 0 saturated heterocycles. The van der Waals surface area contributed by atoms with E-state index in [1.807, 2.05) is 31.3 Å². The van der Waals surface area contributed by atoms with Gasteiger partial charge < -0.3 is 4.57 Å². The molecule has 0 aliphatic carbocycles. The van der Waals surface area contributed by atoms with Gasteiger partial charge in [0.15, 0.2) is 5.43 Å². The molecule has 2 nitrogen and oxygen atoms in total. The van der Waals surface area contributed by atoms with Gasteiger partial charge in [0.2, 0.25) is 0 Å². The van der Waals surface area contributed by atoms with Gasteiger partial charge >= 0.3 is 0 Å². The Kier molecular flexibility index (Phi) is 9.04. The topological polar surface area (TPSA) is 22.0 Å². The van der Waals surface area contributed by atoms with Crippen LogP contribution in [0, 0.1) is 11.8 Å². The summed E-state index contributed by atoms with van der Waals surface area (Å²) in [6.45, 7) is 2.26. The Morgan fingerprint density at radius 1 is 0.885 bits per heavy atom. The van der Waals surface area contributed by atoms with E-state index in [0.29, 0.717) is 0 Å². The van der Waals surface area contributed by atoms with Gasteiger partial charge in [0, 0.05) is 37.0 Å². The predicted octanol–water partition coefficient (Wildman–Crippen LogP) is 6.01. The van der Waals surface area contributed by atoms with Crippen molar-refractivity contribution in [2.75, 3.05) is 0 Å². The molecular weight excluding hydrogens is 318 g/mol. The number of hydrogen-bond donors (Lipinski definition) is 0. The molecule has 26 heavy (non-hydrogen) atoms. The van der Waals surface area contributed by atoms with Crippen molar-refractivity contribution < 1.29 is 0 Å². The van der Waals surface area contributed by atoms with Gasteiger partial charge in [-0.05, 0) is 25.0 Å². The van der Waals surface area contributed by atoms with Gasteiger partial charge in [-0.2, -0.15) is 0 Å². The summed E-state index contributed by atoms with van der Waals surface area (Å²) in [6.07, 6.45) is 13.4. The van der Waals surface area contributed by atoms with E-state index in [2.05, 4.69) is 23.3 Å². The highest BCUT2D eigenvalue weighted by atomic mass is 16.1. The van der Waals surface area contributed by atoms with Gasteiger partial charge in [0.1, 0.15) is 0 Å². The van der Waals surface area contributed by atoms with Crippen molar-refractivity contribution in [1.29, 1.82) is 0 Å². The molecule has 0 fully saturated rings. The molecular formula is C24H33NO. The number of pyridine rings is 1. The summed E-state index contributed by atoms with van der Waals surface area (Å²) in [7, 11) is 2.03. The van der Waals surface area contributed by atoms with Gasteiger partial charge in [-0.1, -0.05) is 64.0 Å². The highest BCUT2D eigenvalue weighted by Gasteiger charge is 2.04. The van der Waals surface area contributed by atoms with E-state index >= 15 is 0 Å². The fourth-order valence-corrected chi connectivity index (χ4v) is 3.41. The molecule has 0 aliphatic rings. The normalized spacial score (nSPS) is 10.7. The van der Waals surface area contributed by atoms with Crippen molar-refractivity contribution >= 4 is 10.9 Å². The number of rotatable bonds is 10. The maximum absolute atomic E-state index is 12.2. The van der Waals surface area contributed by atoms with Crippen LogP contribution in [-0.4, -0.2) is 4.57 Å². The van der Waals surface area contributed by atoms with E-state index in [-0.39, 0.29) is 5.43 Å². The van der Waals surface area contributed by atoms with Crippen LogP contribution in [0.2, 0.25) is 0 Å². The van der Waals surface area contributed by atoms with Crippen molar-refractivity contribution in [3.05, 3.63) is 46.2 Å².